The first-order valence-electron chi connectivity index (χ1n) is 7.36. The summed E-state index contributed by atoms with van der Waals surface area (Å²) < 4.78 is 12.8. The lowest BCUT2D eigenvalue weighted by Gasteiger charge is -2.12. The molecule has 0 saturated heterocycles. The first kappa shape index (κ1) is 18.0. The number of H-pyrrole nitrogens is 1. The highest BCUT2D eigenvalue weighted by atomic mass is 32.2. The Bertz CT molecular complexity index is 711. The summed E-state index contributed by atoms with van der Waals surface area (Å²) in [6.07, 6.45) is 0. The van der Waals surface area contributed by atoms with Crippen molar-refractivity contribution < 1.29 is 14.0 Å². The minimum absolute atomic E-state index is 0.120. The van der Waals surface area contributed by atoms with E-state index in [1.807, 2.05) is 6.92 Å². The Kier molecular flexibility index (Phi) is 5.97. The van der Waals surface area contributed by atoms with Gasteiger partial charge in [-0.3, -0.25) is 14.7 Å². The summed E-state index contributed by atoms with van der Waals surface area (Å²) in [5, 5.41) is 11.9. The van der Waals surface area contributed by atoms with Crippen molar-refractivity contribution in [3.8, 4) is 0 Å². The predicted octanol–water partition coefficient (Wildman–Crippen LogP) is 2.86. The lowest BCUT2D eigenvalue weighted by atomic mass is 10.3. The third-order valence-electron chi connectivity index (χ3n) is 3.34. The molecule has 1 aromatic carbocycles. The summed E-state index contributed by atoms with van der Waals surface area (Å²) in [5.74, 6) is -0.684. The molecule has 0 saturated carbocycles. The number of amides is 2. The molecule has 0 aliphatic heterocycles. The van der Waals surface area contributed by atoms with Gasteiger partial charge in [0.25, 0.3) is 0 Å². The molecule has 6 nitrogen and oxygen atoms in total. The van der Waals surface area contributed by atoms with Crippen LogP contribution in [-0.2, 0) is 9.59 Å². The summed E-state index contributed by atoms with van der Waals surface area (Å²) in [4.78, 5) is 24.1. The summed E-state index contributed by atoms with van der Waals surface area (Å²) in [6.45, 7) is 5.35. The van der Waals surface area contributed by atoms with Gasteiger partial charge in [0.15, 0.2) is 0 Å². The number of hydrogen-bond acceptors (Lipinski definition) is 4. The van der Waals surface area contributed by atoms with Crippen LogP contribution in [0, 0.1) is 19.7 Å². The van der Waals surface area contributed by atoms with Gasteiger partial charge in [0.1, 0.15) is 5.82 Å². The SMILES string of the molecule is Cc1n[nH]c(C)c1NC(=O)C(C)SCC(=O)Nc1ccc(F)cc1. The number of carbonyl (C=O) groups is 2. The van der Waals surface area contributed by atoms with Crippen molar-refractivity contribution in [2.24, 2.45) is 0 Å². The minimum Gasteiger partial charge on any atom is -0.325 e. The topological polar surface area (TPSA) is 86.9 Å². The van der Waals surface area contributed by atoms with Crippen molar-refractivity contribution >= 4 is 35.0 Å². The number of hydrogen-bond donors (Lipinski definition) is 3. The molecule has 0 spiro atoms. The number of nitrogens with one attached hydrogen (secondary N) is 3. The first-order chi connectivity index (χ1) is 11.4. The van der Waals surface area contributed by atoms with Crippen molar-refractivity contribution in [3.63, 3.8) is 0 Å². The predicted molar refractivity (Wildman–Crippen MR) is 93.6 cm³/mol. The van der Waals surface area contributed by atoms with E-state index >= 15 is 0 Å². The zero-order chi connectivity index (χ0) is 17.7. The molecule has 1 heterocycles. The Morgan fingerprint density at radius 2 is 1.92 bits per heavy atom. The third-order valence-corrected chi connectivity index (χ3v) is 4.48. The fourth-order valence-corrected chi connectivity index (χ4v) is 2.65. The van der Waals surface area contributed by atoms with Gasteiger partial charge in [-0.2, -0.15) is 5.10 Å². The zero-order valence-electron chi connectivity index (χ0n) is 13.6. The second-order valence-corrected chi connectivity index (χ2v) is 6.64. The number of aromatic nitrogens is 2. The number of anilines is 2. The maximum absolute atomic E-state index is 12.8. The molecule has 2 amide bonds. The van der Waals surface area contributed by atoms with Crippen LogP contribution in [0.4, 0.5) is 15.8 Å². The van der Waals surface area contributed by atoms with Gasteiger partial charge in [-0.25, -0.2) is 4.39 Å². The van der Waals surface area contributed by atoms with Crippen LogP contribution in [0.25, 0.3) is 0 Å². The van der Waals surface area contributed by atoms with Gasteiger partial charge < -0.3 is 10.6 Å². The van der Waals surface area contributed by atoms with Crippen LogP contribution >= 0.6 is 11.8 Å². The third kappa shape index (κ3) is 4.82. The number of benzene rings is 1. The maximum atomic E-state index is 12.8. The Balaban J connectivity index is 1.81. The molecule has 0 fully saturated rings. The minimum atomic E-state index is -0.405. The molecule has 3 N–H and O–H groups in total. The van der Waals surface area contributed by atoms with E-state index in [-0.39, 0.29) is 23.4 Å². The standard InChI is InChI=1S/C16H19FN4O2S/c1-9-15(10(2)21-20-9)19-16(23)11(3)24-8-14(22)18-13-6-4-12(17)5-7-13/h4-7,11H,8H2,1-3H3,(H,18,22)(H,19,23)(H,20,21). The highest BCUT2D eigenvalue weighted by Crippen LogP contribution is 2.19. The van der Waals surface area contributed by atoms with Gasteiger partial charge in [0.05, 0.1) is 28.1 Å². The van der Waals surface area contributed by atoms with Gasteiger partial charge in [-0.1, -0.05) is 0 Å². The highest BCUT2D eigenvalue weighted by molar-refractivity contribution is 8.01. The molecule has 24 heavy (non-hydrogen) atoms. The zero-order valence-corrected chi connectivity index (χ0v) is 14.5. The van der Waals surface area contributed by atoms with Gasteiger partial charge >= 0.3 is 0 Å². The van der Waals surface area contributed by atoms with Gasteiger partial charge in [0, 0.05) is 5.69 Å². The molecule has 0 aliphatic rings. The molecule has 1 atom stereocenters. The van der Waals surface area contributed by atoms with E-state index in [0.717, 1.165) is 5.69 Å². The molecule has 2 rings (SSSR count). The van der Waals surface area contributed by atoms with E-state index in [0.29, 0.717) is 17.1 Å². The lowest BCUT2D eigenvalue weighted by molar-refractivity contribution is -0.115. The number of halogens is 1. The van der Waals surface area contributed by atoms with E-state index in [4.69, 9.17) is 0 Å². The van der Waals surface area contributed by atoms with Gasteiger partial charge in [-0.05, 0) is 45.0 Å². The Morgan fingerprint density at radius 3 is 2.50 bits per heavy atom. The number of aromatic amines is 1. The molecular formula is C16H19FN4O2S. The van der Waals surface area contributed by atoms with E-state index in [1.54, 1.807) is 13.8 Å². The van der Waals surface area contributed by atoms with Crippen molar-refractivity contribution in [2.75, 3.05) is 16.4 Å². The van der Waals surface area contributed by atoms with Crippen LogP contribution in [0.5, 0.6) is 0 Å². The highest BCUT2D eigenvalue weighted by Gasteiger charge is 2.18. The smallest absolute Gasteiger partial charge is 0.237 e. The lowest BCUT2D eigenvalue weighted by Crippen LogP contribution is -2.25. The van der Waals surface area contributed by atoms with Crippen LogP contribution < -0.4 is 10.6 Å². The summed E-state index contributed by atoms with van der Waals surface area (Å²) in [5.41, 5.74) is 2.69. The van der Waals surface area contributed by atoms with E-state index < -0.39 is 5.25 Å². The molecule has 0 aliphatic carbocycles. The number of nitrogens with zero attached hydrogens (tertiary/aromatic N) is 1. The largest absolute Gasteiger partial charge is 0.325 e. The number of carbonyl (C=O) groups excluding carboxylic acids is 2. The van der Waals surface area contributed by atoms with E-state index in [2.05, 4.69) is 20.8 Å². The number of aryl methyl sites for hydroxylation is 2. The van der Waals surface area contributed by atoms with Gasteiger partial charge in [-0.15, -0.1) is 11.8 Å². The van der Waals surface area contributed by atoms with Crippen molar-refractivity contribution in [2.45, 2.75) is 26.0 Å². The summed E-state index contributed by atoms with van der Waals surface area (Å²) in [7, 11) is 0. The van der Waals surface area contributed by atoms with Crippen LogP contribution in [0.3, 0.4) is 0 Å². The second-order valence-electron chi connectivity index (χ2n) is 5.31. The van der Waals surface area contributed by atoms with Crippen molar-refractivity contribution in [3.05, 3.63) is 41.5 Å². The summed E-state index contributed by atoms with van der Waals surface area (Å²) >= 11 is 1.22. The van der Waals surface area contributed by atoms with Crippen LogP contribution in [0.15, 0.2) is 24.3 Å². The maximum Gasteiger partial charge on any atom is 0.237 e. The molecule has 1 aromatic heterocycles. The quantitative estimate of drug-likeness (QED) is 0.748. The summed E-state index contributed by atoms with van der Waals surface area (Å²) in [6, 6.07) is 5.51. The fourth-order valence-electron chi connectivity index (χ4n) is 1.97. The Morgan fingerprint density at radius 1 is 1.25 bits per heavy atom. The normalized spacial score (nSPS) is 11.8. The average molecular weight is 350 g/mol. The Hall–Kier alpha value is -2.35. The molecule has 0 radical (unpaired) electrons. The van der Waals surface area contributed by atoms with Crippen LogP contribution in [0.1, 0.15) is 18.3 Å². The Labute approximate surface area is 143 Å². The second kappa shape index (κ2) is 7.96. The van der Waals surface area contributed by atoms with E-state index in [1.165, 1.54) is 36.0 Å². The molecular weight excluding hydrogens is 331 g/mol. The molecule has 0 bridgehead atoms. The van der Waals surface area contributed by atoms with Crippen LogP contribution in [0.2, 0.25) is 0 Å². The molecule has 1 unspecified atom stereocenters. The first-order valence-corrected chi connectivity index (χ1v) is 8.41. The monoisotopic (exact) mass is 350 g/mol. The number of rotatable bonds is 6. The van der Waals surface area contributed by atoms with Crippen molar-refractivity contribution in [1.29, 1.82) is 0 Å². The van der Waals surface area contributed by atoms with Gasteiger partial charge in [0.2, 0.25) is 11.8 Å². The fraction of sp³-hybridized carbons (Fsp3) is 0.312. The van der Waals surface area contributed by atoms with Crippen LogP contribution in [-0.4, -0.2) is 33.0 Å². The average Bonchev–Trinajstić information content (AvgIpc) is 2.86. The molecule has 128 valence electrons. The molecule has 8 heteroatoms. The van der Waals surface area contributed by atoms with Crippen molar-refractivity contribution in [1.82, 2.24) is 10.2 Å². The number of thioether (sulfide) groups is 1. The molecule has 2 aromatic rings. The van der Waals surface area contributed by atoms with E-state index in [9.17, 15) is 14.0 Å².